The third kappa shape index (κ3) is 3.45. The Balaban J connectivity index is 1.59. The van der Waals surface area contributed by atoms with Crippen molar-refractivity contribution in [3.63, 3.8) is 0 Å². The number of nitrogens with one attached hydrogen (secondary N) is 1. The van der Waals surface area contributed by atoms with E-state index in [1.807, 2.05) is 0 Å². The van der Waals surface area contributed by atoms with Crippen molar-refractivity contribution in [1.29, 1.82) is 0 Å². The number of β-amino-alcohol motifs (C(OH)–C–C–N with tert-alkyl or cyclic N) is 1. The molecule has 1 saturated heterocycles. The van der Waals surface area contributed by atoms with Crippen LogP contribution in [0.15, 0.2) is 36.4 Å². The number of halogens is 2. The summed E-state index contributed by atoms with van der Waals surface area (Å²) in [6.07, 6.45) is -0.860. The minimum atomic E-state index is -1.58. The fourth-order valence-electron chi connectivity index (χ4n) is 3.57. The van der Waals surface area contributed by atoms with Gasteiger partial charge in [0.25, 0.3) is 5.91 Å². The van der Waals surface area contributed by atoms with Crippen molar-refractivity contribution in [2.45, 2.75) is 25.0 Å². The van der Waals surface area contributed by atoms with Crippen molar-refractivity contribution in [2.75, 3.05) is 19.8 Å². The van der Waals surface area contributed by atoms with E-state index in [9.17, 15) is 23.5 Å². The summed E-state index contributed by atoms with van der Waals surface area (Å²) in [5, 5.41) is 12.9. The molecule has 0 radical (unpaired) electrons. The first kappa shape index (κ1) is 20.1. The minimum Gasteiger partial charge on any atom is -0.490 e. The number of ether oxygens (including phenoxy) is 2. The molecule has 2 aromatic rings. The van der Waals surface area contributed by atoms with Crippen molar-refractivity contribution in [3.8, 4) is 11.5 Å². The number of benzene rings is 2. The van der Waals surface area contributed by atoms with E-state index in [2.05, 4.69) is 5.32 Å². The number of amides is 3. The van der Waals surface area contributed by atoms with Crippen LogP contribution in [0.25, 0.3) is 0 Å². The number of nitrogens with zero attached hydrogens (tertiary/aromatic N) is 1. The average molecular weight is 418 g/mol. The van der Waals surface area contributed by atoms with Gasteiger partial charge in [0.05, 0.1) is 19.8 Å². The highest BCUT2D eigenvalue weighted by molar-refractivity contribution is 6.07. The van der Waals surface area contributed by atoms with E-state index >= 15 is 0 Å². The molecule has 0 aliphatic carbocycles. The number of imide groups is 1. The molecule has 2 aromatic carbocycles. The largest absolute Gasteiger partial charge is 0.490 e. The van der Waals surface area contributed by atoms with Crippen LogP contribution in [0.5, 0.6) is 11.5 Å². The van der Waals surface area contributed by atoms with Gasteiger partial charge in [-0.2, -0.15) is 0 Å². The molecule has 0 saturated carbocycles. The zero-order chi connectivity index (χ0) is 21.5. The molecular weight excluding hydrogens is 398 g/mol. The molecule has 0 aromatic heterocycles. The molecule has 9 heteroatoms. The van der Waals surface area contributed by atoms with Crippen LogP contribution in [-0.4, -0.2) is 41.7 Å². The predicted octanol–water partition coefficient (Wildman–Crippen LogP) is 2.63. The number of urea groups is 1. The quantitative estimate of drug-likeness (QED) is 0.746. The van der Waals surface area contributed by atoms with Crippen LogP contribution in [0.4, 0.5) is 13.6 Å². The number of aliphatic hydroxyl groups excluding tert-OH is 1. The molecule has 2 aliphatic rings. The Morgan fingerprint density at radius 3 is 2.63 bits per heavy atom. The zero-order valence-electron chi connectivity index (χ0n) is 16.2. The first-order valence-corrected chi connectivity index (χ1v) is 9.47. The average Bonchev–Trinajstić information content (AvgIpc) is 2.89. The Morgan fingerprint density at radius 1 is 1.13 bits per heavy atom. The van der Waals surface area contributed by atoms with Crippen molar-refractivity contribution in [3.05, 3.63) is 59.2 Å². The van der Waals surface area contributed by atoms with Gasteiger partial charge in [0, 0.05) is 12.0 Å². The van der Waals surface area contributed by atoms with E-state index in [4.69, 9.17) is 9.47 Å². The number of hydrogen-bond donors (Lipinski definition) is 2. The first-order valence-electron chi connectivity index (χ1n) is 9.47. The molecule has 4 rings (SSSR count). The Labute approximate surface area is 171 Å². The zero-order valence-corrected chi connectivity index (χ0v) is 16.2. The van der Waals surface area contributed by atoms with Gasteiger partial charge in [-0.3, -0.25) is 9.69 Å². The lowest BCUT2D eigenvalue weighted by Crippen LogP contribution is -2.41. The van der Waals surface area contributed by atoms with E-state index in [0.717, 1.165) is 29.5 Å². The topological polar surface area (TPSA) is 88.1 Å². The fraction of sp³-hybridized carbons (Fsp3) is 0.333. The summed E-state index contributed by atoms with van der Waals surface area (Å²) >= 11 is 0. The molecular formula is C21H20F2N2O5. The molecule has 30 heavy (non-hydrogen) atoms. The maximum atomic E-state index is 13.9. The SMILES string of the molecule is C[C@@]1(c2ccc3c(c2)OCCCO3)NC(=O)N(C[C@@H](O)c2cc(F)ccc2F)C1=O. The van der Waals surface area contributed by atoms with Gasteiger partial charge in [-0.15, -0.1) is 0 Å². The molecule has 0 bridgehead atoms. The second-order valence-electron chi connectivity index (χ2n) is 7.36. The summed E-state index contributed by atoms with van der Waals surface area (Å²) < 4.78 is 38.6. The maximum Gasteiger partial charge on any atom is 0.325 e. The summed E-state index contributed by atoms with van der Waals surface area (Å²) in [5.41, 5.74) is -1.28. The molecule has 158 valence electrons. The molecule has 2 atom stereocenters. The molecule has 3 amide bonds. The maximum absolute atomic E-state index is 13.9. The highest BCUT2D eigenvalue weighted by Gasteiger charge is 2.49. The first-order chi connectivity index (χ1) is 14.3. The minimum absolute atomic E-state index is 0.334. The molecule has 2 aliphatic heterocycles. The summed E-state index contributed by atoms with van der Waals surface area (Å²) in [5.74, 6) is -1.18. The molecule has 1 fully saturated rings. The number of carbonyl (C=O) groups is 2. The number of hydrogen-bond acceptors (Lipinski definition) is 5. The predicted molar refractivity (Wildman–Crippen MR) is 101 cm³/mol. The van der Waals surface area contributed by atoms with Crippen LogP contribution in [0.1, 0.15) is 30.6 Å². The van der Waals surface area contributed by atoms with Crippen LogP contribution in [0.2, 0.25) is 0 Å². The Morgan fingerprint density at radius 2 is 1.87 bits per heavy atom. The van der Waals surface area contributed by atoms with Gasteiger partial charge in [-0.05, 0) is 42.8 Å². The van der Waals surface area contributed by atoms with Crippen LogP contribution < -0.4 is 14.8 Å². The number of fused-ring (bicyclic) bond motifs is 1. The Bertz CT molecular complexity index is 1010. The van der Waals surface area contributed by atoms with Crippen LogP contribution in [0, 0.1) is 11.6 Å². The standard InChI is InChI=1S/C21H20F2N2O5/c1-21(12-3-6-17-18(9-12)30-8-2-7-29-17)19(27)25(20(28)24-21)11-16(26)14-10-13(22)4-5-15(14)23/h3-6,9-10,16,26H,2,7-8,11H2,1H3,(H,24,28)/t16-,21+/m1/s1. The van der Waals surface area contributed by atoms with E-state index in [0.29, 0.717) is 30.3 Å². The third-order valence-corrected chi connectivity index (χ3v) is 5.27. The summed E-state index contributed by atoms with van der Waals surface area (Å²) in [6, 6.07) is 6.83. The van der Waals surface area contributed by atoms with Gasteiger partial charge >= 0.3 is 6.03 Å². The molecule has 0 unspecified atom stereocenters. The van der Waals surface area contributed by atoms with E-state index < -0.39 is 41.8 Å². The highest BCUT2D eigenvalue weighted by atomic mass is 19.1. The summed E-state index contributed by atoms with van der Waals surface area (Å²) in [4.78, 5) is 26.4. The van der Waals surface area contributed by atoms with Crippen molar-refractivity contribution in [2.24, 2.45) is 0 Å². The third-order valence-electron chi connectivity index (χ3n) is 5.27. The summed E-state index contributed by atoms with van der Waals surface area (Å²) in [6.45, 7) is 1.99. The highest BCUT2D eigenvalue weighted by Crippen LogP contribution is 2.37. The summed E-state index contributed by atoms with van der Waals surface area (Å²) in [7, 11) is 0. The van der Waals surface area contributed by atoms with E-state index in [-0.39, 0.29) is 5.56 Å². The Kier molecular flexibility index (Phi) is 5.07. The molecule has 2 heterocycles. The second-order valence-corrected chi connectivity index (χ2v) is 7.36. The van der Waals surface area contributed by atoms with Gasteiger partial charge in [0.1, 0.15) is 23.3 Å². The molecule has 2 N–H and O–H groups in total. The van der Waals surface area contributed by atoms with Crippen LogP contribution in [-0.2, 0) is 10.3 Å². The number of carbonyl (C=O) groups excluding carboxylic acids is 2. The van der Waals surface area contributed by atoms with Gasteiger partial charge in [-0.25, -0.2) is 13.6 Å². The fourth-order valence-corrected chi connectivity index (χ4v) is 3.57. The van der Waals surface area contributed by atoms with Gasteiger partial charge in [0.2, 0.25) is 0 Å². The van der Waals surface area contributed by atoms with E-state index in [1.165, 1.54) is 6.92 Å². The van der Waals surface area contributed by atoms with Crippen molar-refractivity contribution in [1.82, 2.24) is 10.2 Å². The van der Waals surface area contributed by atoms with Gasteiger partial charge < -0.3 is 19.9 Å². The lowest BCUT2D eigenvalue weighted by atomic mass is 9.91. The van der Waals surface area contributed by atoms with Crippen LogP contribution >= 0.6 is 0 Å². The number of rotatable bonds is 4. The Hall–Kier alpha value is -3.20. The van der Waals surface area contributed by atoms with E-state index in [1.54, 1.807) is 18.2 Å². The van der Waals surface area contributed by atoms with Gasteiger partial charge in [0.15, 0.2) is 11.5 Å². The second kappa shape index (κ2) is 7.56. The van der Waals surface area contributed by atoms with Crippen molar-refractivity contribution < 1.29 is 33.0 Å². The lowest BCUT2D eigenvalue weighted by molar-refractivity contribution is -0.132. The molecule has 0 spiro atoms. The smallest absolute Gasteiger partial charge is 0.325 e. The number of aliphatic hydroxyl groups is 1. The van der Waals surface area contributed by atoms with Gasteiger partial charge in [-0.1, -0.05) is 6.07 Å². The van der Waals surface area contributed by atoms with Crippen LogP contribution in [0.3, 0.4) is 0 Å². The normalized spacial score (nSPS) is 21.9. The lowest BCUT2D eigenvalue weighted by Gasteiger charge is -2.24. The monoisotopic (exact) mass is 418 g/mol. The van der Waals surface area contributed by atoms with Crippen molar-refractivity contribution >= 4 is 11.9 Å². The molecule has 7 nitrogen and oxygen atoms in total.